The van der Waals surface area contributed by atoms with E-state index in [0.29, 0.717) is 11.9 Å². The Morgan fingerprint density at radius 1 is 1.45 bits per heavy atom. The van der Waals surface area contributed by atoms with Crippen molar-refractivity contribution >= 4 is 34.4 Å². The minimum absolute atomic E-state index is 0.0646. The fourth-order valence-corrected chi connectivity index (χ4v) is 2.73. The third kappa shape index (κ3) is 2.05. The molecule has 0 unspecified atom stereocenters. The van der Waals surface area contributed by atoms with Gasteiger partial charge in [-0.15, -0.1) is 0 Å². The van der Waals surface area contributed by atoms with E-state index in [1.807, 2.05) is 6.92 Å². The van der Waals surface area contributed by atoms with Crippen LogP contribution in [0.4, 0.5) is 4.39 Å². The zero-order valence-corrected chi connectivity index (χ0v) is 11.9. The Balaban J connectivity index is 2.07. The fraction of sp³-hybridized carbons (Fsp3) is 0.545. The second-order valence-corrected chi connectivity index (χ2v) is 5.21. The van der Waals surface area contributed by atoms with Crippen molar-refractivity contribution in [2.24, 2.45) is 0 Å². The van der Waals surface area contributed by atoms with Crippen LogP contribution in [-0.4, -0.2) is 43.0 Å². The molecule has 0 aromatic carbocycles. The van der Waals surface area contributed by atoms with Gasteiger partial charge in [0.25, 0.3) is 0 Å². The first-order valence-corrected chi connectivity index (χ1v) is 6.81. The lowest BCUT2D eigenvalue weighted by Gasteiger charge is -2.15. The molecule has 0 bridgehead atoms. The molecule has 0 radical (unpaired) electrons. The number of halogens is 3. The molecule has 3 rings (SSSR count). The zero-order chi connectivity index (χ0) is 14.4. The average Bonchev–Trinajstić information content (AvgIpc) is 2.93. The van der Waals surface area contributed by atoms with E-state index in [4.69, 9.17) is 27.9 Å². The standard InChI is InChI=1S/C11H11Cl2FN4O2/c1-2-4-7(19)5(14)10(20-4)18-3-15-6-8(12)16-11(13)17-9(6)18/h3-5,7,10,19H,2H2,1H3/t4-,5+,7-,10-/m1/s1. The predicted molar refractivity (Wildman–Crippen MR) is 70.4 cm³/mol. The number of fused-ring (bicyclic) bond motifs is 1. The summed E-state index contributed by atoms with van der Waals surface area (Å²) in [5, 5.41) is 9.81. The normalized spacial score (nSPS) is 30.2. The van der Waals surface area contributed by atoms with E-state index in [1.54, 1.807) is 0 Å². The monoisotopic (exact) mass is 320 g/mol. The third-order valence-corrected chi connectivity index (χ3v) is 3.75. The van der Waals surface area contributed by atoms with E-state index in [2.05, 4.69) is 15.0 Å². The highest BCUT2D eigenvalue weighted by molar-refractivity contribution is 6.35. The van der Waals surface area contributed by atoms with Crippen molar-refractivity contribution in [1.29, 1.82) is 0 Å². The van der Waals surface area contributed by atoms with Crippen LogP contribution in [0.1, 0.15) is 19.6 Å². The van der Waals surface area contributed by atoms with Crippen molar-refractivity contribution in [3.63, 3.8) is 0 Å². The van der Waals surface area contributed by atoms with Gasteiger partial charge in [-0.25, -0.2) is 14.4 Å². The van der Waals surface area contributed by atoms with Gasteiger partial charge in [-0.05, 0) is 18.0 Å². The summed E-state index contributed by atoms with van der Waals surface area (Å²) in [6, 6.07) is 0. The van der Waals surface area contributed by atoms with Crippen molar-refractivity contribution in [2.45, 2.75) is 38.0 Å². The number of hydrogen-bond acceptors (Lipinski definition) is 5. The van der Waals surface area contributed by atoms with Gasteiger partial charge in [0, 0.05) is 0 Å². The van der Waals surface area contributed by atoms with Gasteiger partial charge < -0.3 is 9.84 Å². The molecule has 1 saturated heterocycles. The first-order chi connectivity index (χ1) is 9.52. The van der Waals surface area contributed by atoms with Crippen molar-refractivity contribution in [2.75, 3.05) is 0 Å². The summed E-state index contributed by atoms with van der Waals surface area (Å²) in [7, 11) is 0. The van der Waals surface area contributed by atoms with Gasteiger partial charge in [0.1, 0.15) is 11.6 Å². The van der Waals surface area contributed by atoms with E-state index in [-0.39, 0.29) is 16.1 Å². The number of aromatic nitrogens is 4. The molecule has 3 heterocycles. The number of nitrogens with zero attached hydrogens (tertiary/aromatic N) is 4. The highest BCUT2D eigenvalue weighted by atomic mass is 35.5. The minimum Gasteiger partial charge on any atom is -0.387 e. The SMILES string of the molecule is CC[C@H]1O[C@@H](n2cnc3c(Cl)nc(Cl)nc32)[C@@H](F)[C@@H]1O. The number of ether oxygens (including phenoxy) is 1. The van der Waals surface area contributed by atoms with Gasteiger partial charge in [-0.2, -0.15) is 4.98 Å². The van der Waals surface area contributed by atoms with Crippen molar-refractivity contribution < 1.29 is 14.2 Å². The summed E-state index contributed by atoms with van der Waals surface area (Å²) in [4.78, 5) is 11.8. The van der Waals surface area contributed by atoms with E-state index in [0.717, 1.165) is 0 Å². The Morgan fingerprint density at radius 2 is 2.20 bits per heavy atom. The number of rotatable bonds is 2. The second-order valence-electron chi connectivity index (χ2n) is 4.52. The maximum atomic E-state index is 14.2. The van der Waals surface area contributed by atoms with Gasteiger partial charge in [0.05, 0.1) is 12.4 Å². The minimum atomic E-state index is -1.58. The van der Waals surface area contributed by atoms with Gasteiger partial charge in [0.2, 0.25) is 5.28 Å². The molecule has 108 valence electrons. The predicted octanol–water partition coefficient (Wildman–Crippen LogP) is 2.14. The van der Waals surface area contributed by atoms with Crippen LogP contribution in [0.2, 0.25) is 10.4 Å². The number of aliphatic hydroxyl groups excluding tert-OH is 1. The Bertz CT molecular complexity index is 653. The smallest absolute Gasteiger partial charge is 0.225 e. The van der Waals surface area contributed by atoms with E-state index < -0.39 is 24.6 Å². The zero-order valence-electron chi connectivity index (χ0n) is 10.4. The van der Waals surface area contributed by atoms with E-state index in [1.165, 1.54) is 10.9 Å². The first-order valence-electron chi connectivity index (χ1n) is 6.06. The summed E-state index contributed by atoms with van der Waals surface area (Å²) in [6.45, 7) is 1.81. The van der Waals surface area contributed by atoms with Crippen molar-refractivity contribution in [3.05, 3.63) is 16.8 Å². The molecule has 0 spiro atoms. The van der Waals surface area contributed by atoms with Crippen LogP contribution in [0.5, 0.6) is 0 Å². The lowest BCUT2D eigenvalue weighted by molar-refractivity contribution is -0.0238. The Labute approximate surface area is 123 Å². The van der Waals surface area contributed by atoms with Gasteiger partial charge in [-0.3, -0.25) is 4.57 Å². The van der Waals surface area contributed by atoms with Crippen molar-refractivity contribution in [1.82, 2.24) is 19.5 Å². The summed E-state index contributed by atoms with van der Waals surface area (Å²) in [5.41, 5.74) is 0.577. The van der Waals surface area contributed by atoms with Crippen LogP contribution < -0.4 is 0 Å². The largest absolute Gasteiger partial charge is 0.387 e. The first kappa shape index (κ1) is 13.9. The molecule has 0 amide bonds. The quantitative estimate of drug-likeness (QED) is 0.678. The number of imidazole rings is 1. The van der Waals surface area contributed by atoms with E-state index >= 15 is 0 Å². The van der Waals surface area contributed by atoms with Crippen LogP contribution in [0.15, 0.2) is 6.33 Å². The highest BCUT2D eigenvalue weighted by Crippen LogP contribution is 2.35. The molecule has 6 nitrogen and oxygen atoms in total. The topological polar surface area (TPSA) is 73.1 Å². The molecule has 1 N–H and O–H groups in total. The number of alkyl halides is 1. The van der Waals surface area contributed by atoms with Gasteiger partial charge in [0.15, 0.2) is 23.2 Å². The molecule has 2 aromatic rings. The lowest BCUT2D eigenvalue weighted by atomic mass is 10.1. The molecule has 1 aliphatic rings. The Kier molecular flexibility index (Phi) is 3.53. The highest BCUT2D eigenvalue weighted by Gasteiger charge is 2.44. The summed E-state index contributed by atoms with van der Waals surface area (Å²) in [6.07, 6.45) is -2.49. The Hall–Kier alpha value is -1.02. The molecular weight excluding hydrogens is 310 g/mol. The van der Waals surface area contributed by atoms with Crippen LogP contribution >= 0.6 is 23.2 Å². The summed E-state index contributed by atoms with van der Waals surface area (Å²) < 4.78 is 21.1. The Morgan fingerprint density at radius 3 is 2.85 bits per heavy atom. The van der Waals surface area contributed by atoms with Crippen molar-refractivity contribution in [3.8, 4) is 0 Å². The van der Waals surface area contributed by atoms with Crippen LogP contribution in [0, 0.1) is 0 Å². The molecule has 20 heavy (non-hydrogen) atoms. The fourth-order valence-electron chi connectivity index (χ4n) is 2.31. The molecular formula is C11H11Cl2FN4O2. The second kappa shape index (κ2) is 5.07. The molecule has 0 aliphatic carbocycles. The van der Waals surface area contributed by atoms with Crippen LogP contribution in [0.25, 0.3) is 11.2 Å². The number of hydrogen-bond donors (Lipinski definition) is 1. The lowest BCUT2D eigenvalue weighted by Crippen LogP contribution is -2.27. The number of aliphatic hydroxyl groups is 1. The molecule has 2 aromatic heterocycles. The molecule has 9 heteroatoms. The maximum Gasteiger partial charge on any atom is 0.225 e. The maximum absolute atomic E-state index is 14.2. The molecule has 4 atom stereocenters. The van der Waals surface area contributed by atoms with Crippen LogP contribution in [-0.2, 0) is 4.74 Å². The molecule has 0 saturated carbocycles. The summed E-state index contributed by atoms with van der Waals surface area (Å²) >= 11 is 11.7. The van der Waals surface area contributed by atoms with Gasteiger partial charge >= 0.3 is 0 Å². The third-order valence-electron chi connectivity index (χ3n) is 3.32. The summed E-state index contributed by atoms with van der Waals surface area (Å²) in [5.74, 6) is 0. The molecule has 1 aliphatic heterocycles. The average molecular weight is 321 g/mol. The van der Waals surface area contributed by atoms with Gasteiger partial charge in [-0.1, -0.05) is 18.5 Å². The van der Waals surface area contributed by atoms with Crippen LogP contribution in [0.3, 0.4) is 0 Å². The van der Waals surface area contributed by atoms with E-state index in [9.17, 15) is 9.50 Å². The molecule has 1 fully saturated rings.